The molecule has 0 amide bonds. The molecule has 32 heavy (non-hydrogen) atoms. The topological polar surface area (TPSA) is 93.1 Å². The third-order valence-electron chi connectivity index (χ3n) is 4.96. The number of aromatic amines is 1. The third-order valence-corrected chi connectivity index (χ3v) is 4.96. The highest BCUT2D eigenvalue weighted by molar-refractivity contribution is 6.14. The van der Waals surface area contributed by atoms with Crippen LogP contribution in [0.4, 0.5) is 5.69 Å². The van der Waals surface area contributed by atoms with Crippen molar-refractivity contribution in [2.24, 2.45) is 0 Å². The number of aromatic nitrogens is 1. The number of nitro groups is 1. The molecule has 1 N–H and O–H groups in total. The fourth-order valence-corrected chi connectivity index (χ4v) is 3.49. The molecule has 0 aliphatic carbocycles. The Kier molecular flexibility index (Phi) is 5.85. The summed E-state index contributed by atoms with van der Waals surface area (Å²) in [5, 5.41) is 11.7. The van der Waals surface area contributed by atoms with Gasteiger partial charge in [-0.2, -0.15) is 0 Å². The van der Waals surface area contributed by atoms with Crippen molar-refractivity contribution in [3.8, 4) is 11.1 Å². The molecule has 0 spiro atoms. The average Bonchev–Trinajstić information content (AvgIpc) is 2.81. The fourth-order valence-electron chi connectivity index (χ4n) is 3.49. The van der Waals surface area contributed by atoms with Gasteiger partial charge in [-0.1, -0.05) is 78.9 Å². The van der Waals surface area contributed by atoms with E-state index in [0.717, 1.165) is 5.56 Å². The molecular weight excluding hydrogens is 404 g/mol. The van der Waals surface area contributed by atoms with Crippen LogP contribution in [-0.2, 0) is 0 Å². The summed E-state index contributed by atoms with van der Waals surface area (Å²) in [6.07, 6.45) is 6.45. The number of carbonyl (C=O) groups is 1. The van der Waals surface area contributed by atoms with E-state index in [1.807, 2.05) is 42.5 Å². The van der Waals surface area contributed by atoms with Gasteiger partial charge in [0.15, 0.2) is 5.78 Å². The first-order valence-corrected chi connectivity index (χ1v) is 9.88. The second-order valence-corrected chi connectivity index (χ2v) is 7.05. The van der Waals surface area contributed by atoms with Gasteiger partial charge in [0.25, 0.3) is 11.2 Å². The lowest BCUT2D eigenvalue weighted by atomic mass is 9.93. The Morgan fingerprint density at radius 3 is 2.28 bits per heavy atom. The van der Waals surface area contributed by atoms with Gasteiger partial charge in [0.2, 0.25) is 0 Å². The largest absolute Gasteiger partial charge is 0.321 e. The number of non-ortho nitro benzene ring substituents is 1. The van der Waals surface area contributed by atoms with Crippen LogP contribution in [0.3, 0.4) is 0 Å². The zero-order chi connectivity index (χ0) is 22.5. The average molecular weight is 422 g/mol. The van der Waals surface area contributed by atoms with Gasteiger partial charge in [0, 0.05) is 28.6 Å². The number of pyridine rings is 1. The molecule has 156 valence electrons. The predicted octanol–water partition coefficient (Wildman–Crippen LogP) is 5.56. The summed E-state index contributed by atoms with van der Waals surface area (Å²) in [4.78, 5) is 39.4. The normalized spacial score (nSPS) is 11.4. The van der Waals surface area contributed by atoms with Crippen LogP contribution in [0.5, 0.6) is 0 Å². The van der Waals surface area contributed by atoms with Crippen molar-refractivity contribution in [1.82, 2.24) is 4.98 Å². The standard InChI is InChI=1S/C26H18N2O4/c29-23(14-8-7-11-18-9-3-1-4-10-18)25-24(19-12-5-2-6-13-19)21-17-20(28(31)32)15-16-22(21)27-26(25)30/h1-17H,(H,27,30)/b11-7+,14-8+. The number of H-pyrrole nitrogens is 1. The number of ketones is 1. The number of allylic oxidation sites excluding steroid dienone is 3. The van der Waals surface area contributed by atoms with Crippen LogP contribution < -0.4 is 5.56 Å². The summed E-state index contributed by atoms with van der Waals surface area (Å²) in [7, 11) is 0. The minimum absolute atomic E-state index is 0.0615. The molecule has 4 aromatic rings. The number of nitrogens with zero attached hydrogens (tertiary/aromatic N) is 1. The molecular formula is C26H18N2O4. The zero-order valence-electron chi connectivity index (χ0n) is 16.9. The summed E-state index contributed by atoms with van der Waals surface area (Å²) in [6, 6.07) is 22.7. The van der Waals surface area contributed by atoms with Gasteiger partial charge < -0.3 is 4.98 Å². The highest BCUT2D eigenvalue weighted by atomic mass is 16.6. The van der Waals surface area contributed by atoms with Gasteiger partial charge in [-0.15, -0.1) is 0 Å². The molecule has 1 heterocycles. The van der Waals surface area contributed by atoms with Gasteiger partial charge in [0.1, 0.15) is 0 Å². The Labute approximate surface area is 183 Å². The highest BCUT2D eigenvalue weighted by Crippen LogP contribution is 2.32. The molecule has 0 aliphatic heterocycles. The summed E-state index contributed by atoms with van der Waals surface area (Å²) in [5.41, 5.74) is 1.66. The number of hydrogen-bond donors (Lipinski definition) is 1. The van der Waals surface area contributed by atoms with Crippen molar-refractivity contribution in [3.05, 3.63) is 129 Å². The minimum atomic E-state index is -0.549. The number of nitrogens with one attached hydrogen (secondary N) is 1. The minimum Gasteiger partial charge on any atom is -0.321 e. The van der Waals surface area contributed by atoms with Gasteiger partial charge in [0.05, 0.1) is 10.5 Å². The molecule has 0 aliphatic rings. The van der Waals surface area contributed by atoms with Crippen LogP contribution in [0, 0.1) is 10.1 Å². The van der Waals surface area contributed by atoms with Crippen molar-refractivity contribution in [2.75, 3.05) is 0 Å². The molecule has 1 aromatic heterocycles. The molecule has 0 bridgehead atoms. The Balaban J connectivity index is 1.84. The smallest absolute Gasteiger partial charge is 0.270 e. The van der Waals surface area contributed by atoms with E-state index >= 15 is 0 Å². The zero-order valence-corrected chi connectivity index (χ0v) is 16.9. The lowest BCUT2D eigenvalue weighted by molar-refractivity contribution is -0.384. The van der Waals surface area contributed by atoms with E-state index < -0.39 is 16.3 Å². The molecule has 3 aromatic carbocycles. The van der Waals surface area contributed by atoms with Gasteiger partial charge in [-0.25, -0.2) is 0 Å². The number of carbonyl (C=O) groups excluding carboxylic acids is 1. The van der Waals surface area contributed by atoms with E-state index in [1.165, 1.54) is 24.3 Å². The fraction of sp³-hybridized carbons (Fsp3) is 0. The van der Waals surface area contributed by atoms with E-state index in [1.54, 1.807) is 36.4 Å². The monoisotopic (exact) mass is 422 g/mol. The van der Waals surface area contributed by atoms with Crippen molar-refractivity contribution in [1.29, 1.82) is 0 Å². The predicted molar refractivity (Wildman–Crippen MR) is 126 cm³/mol. The quantitative estimate of drug-likeness (QED) is 0.145. The summed E-state index contributed by atoms with van der Waals surface area (Å²) >= 11 is 0. The maximum absolute atomic E-state index is 13.1. The molecule has 6 nitrogen and oxygen atoms in total. The highest BCUT2D eigenvalue weighted by Gasteiger charge is 2.20. The first-order chi connectivity index (χ1) is 15.5. The molecule has 0 fully saturated rings. The van der Waals surface area contributed by atoms with Crippen LogP contribution in [0.2, 0.25) is 0 Å². The van der Waals surface area contributed by atoms with E-state index in [2.05, 4.69) is 4.98 Å². The van der Waals surface area contributed by atoms with Gasteiger partial charge >= 0.3 is 0 Å². The van der Waals surface area contributed by atoms with Crippen LogP contribution >= 0.6 is 0 Å². The maximum Gasteiger partial charge on any atom is 0.270 e. The number of rotatable bonds is 6. The second kappa shape index (κ2) is 9.06. The number of hydrogen-bond acceptors (Lipinski definition) is 4. The third kappa shape index (κ3) is 4.29. The SMILES string of the molecule is O=C(/C=C/C=C/c1ccccc1)c1c(-c2ccccc2)c2cc([N+](=O)[O-])ccc2[nH]c1=O. The Morgan fingerprint density at radius 2 is 1.59 bits per heavy atom. The van der Waals surface area contributed by atoms with E-state index in [0.29, 0.717) is 22.0 Å². The first-order valence-electron chi connectivity index (χ1n) is 9.88. The van der Waals surface area contributed by atoms with Crippen LogP contribution in [0.15, 0.2) is 102 Å². The van der Waals surface area contributed by atoms with E-state index in [-0.39, 0.29) is 11.3 Å². The molecule has 0 atom stereocenters. The van der Waals surface area contributed by atoms with Crippen molar-refractivity contribution < 1.29 is 9.72 Å². The molecule has 0 saturated carbocycles. The van der Waals surface area contributed by atoms with Crippen LogP contribution in [0.1, 0.15) is 15.9 Å². The van der Waals surface area contributed by atoms with Crippen LogP contribution in [0.25, 0.3) is 28.1 Å². The van der Waals surface area contributed by atoms with Crippen LogP contribution in [-0.4, -0.2) is 15.7 Å². The Bertz CT molecular complexity index is 1420. The molecule has 4 rings (SSSR count). The lowest BCUT2D eigenvalue weighted by Crippen LogP contribution is -2.18. The first kappa shape index (κ1) is 20.7. The molecule has 0 radical (unpaired) electrons. The summed E-state index contributed by atoms with van der Waals surface area (Å²) in [5.74, 6) is -0.490. The summed E-state index contributed by atoms with van der Waals surface area (Å²) in [6.45, 7) is 0. The molecule has 0 unspecified atom stereocenters. The maximum atomic E-state index is 13.1. The van der Waals surface area contributed by atoms with E-state index in [4.69, 9.17) is 0 Å². The second-order valence-electron chi connectivity index (χ2n) is 7.05. The van der Waals surface area contributed by atoms with Crippen molar-refractivity contribution >= 4 is 28.4 Å². The number of nitro benzene ring substituents is 1. The Hall–Kier alpha value is -4.58. The van der Waals surface area contributed by atoms with Crippen molar-refractivity contribution in [2.45, 2.75) is 0 Å². The van der Waals surface area contributed by atoms with Crippen molar-refractivity contribution in [3.63, 3.8) is 0 Å². The number of benzene rings is 3. The molecule has 6 heteroatoms. The summed E-state index contributed by atoms with van der Waals surface area (Å²) < 4.78 is 0. The van der Waals surface area contributed by atoms with Gasteiger partial charge in [-0.3, -0.25) is 19.7 Å². The lowest BCUT2D eigenvalue weighted by Gasteiger charge is -2.11. The Morgan fingerprint density at radius 1 is 0.906 bits per heavy atom. The number of fused-ring (bicyclic) bond motifs is 1. The molecule has 0 saturated heterocycles. The van der Waals surface area contributed by atoms with E-state index in [9.17, 15) is 19.7 Å². The van der Waals surface area contributed by atoms with Gasteiger partial charge in [-0.05, 0) is 23.3 Å².